The maximum Gasteiger partial charge on any atom is 0.310 e. The quantitative estimate of drug-likeness (QED) is 0.155. The lowest BCUT2D eigenvalue weighted by molar-refractivity contribution is -0.146. The van der Waals surface area contributed by atoms with E-state index in [2.05, 4.69) is 6.92 Å². The Balaban J connectivity index is 0. The normalized spacial score (nSPS) is 12.0. The zero-order chi connectivity index (χ0) is 23.0. The second-order valence-electron chi connectivity index (χ2n) is 7.25. The van der Waals surface area contributed by atoms with E-state index in [1.807, 2.05) is 0 Å². The highest BCUT2D eigenvalue weighted by Gasteiger charge is 2.17. The van der Waals surface area contributed by atoms with Crippen molar-refractivity contribution in [2.24, 2.45) is 5.92 Å². The van der Waals surface area contributed by atoms with Gasteiger partial charge < -0.3 is 25.5 Å². The smallest absolute Gasteiger partial charge is 0.310 e. The van der Waals surface area contributed by atoms with Gasteiger partial charge in [-0.15, -0.1) is 0 Å². The molecule has 0 aliphatic heterocycles. The van der Waals surface area contributed by atoms with Gasteiger partial charge in [0.05, 0.1) is 32.2 Å². The summed E-state index contributed by atoms with van der Waals surface area (Å²) in [4.78, 5) is 23.1. The number of hydrogen-bond acceptors (Lipinski definition) is 6. The van der Waals surface area contributed by atoms with Crippen molar-refractivity contribution in [3.8, 4) is 0 Å². The van der Waals surface area contributed by atoms with Crippen LogP contribution in [0.1, 0.15) is 71.1 Å². The zero-order valence-electron chi connectivity index (χ0n) is 18.5. The van der Waals surface area contributed by atoms with Crippen LogP contribution in [0.3, 0.4) is 0 Å². The lowest BCUT2D eigenvalue weighted by Gasteiger charge is -2.17. The van der Waals surface area contributed by atoms with Gasteiger partial charge in [0.15, 0.2) is 0 Å². The number of aliphatic hydroxyl groups excluding tert-OH is 3. The van der Waals surface area contributed by atoms with Gasteiger partial charge in [-0.05, 0) is 12.8 Å². The van der Waals surface area contributed by atoms with Gasteiger partial charge in [0.1, 0.15) is 0 Å². The monoisotopic (exact) mass is 433 g/mol. The molecule has 0 aliphatic carbocycles. The summed E-state index contributed by atoms with van der Waals surface area (Å²) in [5.41, 5.74) is 0. The Labute approximate surface area is 181 Å². The number of carbonyl (C=O) groups is 2. The number of aliphatic carboxylic acids is 2. The van der Waals surface area contributed by atoms with E-state index in [4.69, 9.17) is 25.5 Å². The minimum Gasteiger partial charge on any atom is -0.481 e. The molecule has 0 radical (unpaired) electrons. The Morgan fingerprint density at radius 2 is 1.27 bits per heavy atom. The number of allylic oxidation sites excluding steroid dienone is 1. The lowest BCUT2D eigenvalue weighted by atomic mass is 10.0. The van der Waals surface area contributed by atoms with Crippen molar-refractivity contribution in [3.63, 3.8) is 0 Å². The lowest BCUT2D eigenvalue weighted by Crippen LogP contribution is -2.32. The van der Waals surface area contributed by atoms with Gasteiger partial charge in [-0.2, -0.15) is 0 Å². The van der Waals surface area contributed by atoms with Crippen molar-refractivity contribution in [2.75, 3.05) is 39.5 Å². The third-order valence-electron chi connectivity index (χ3n) is 4.55. The highest BCUT2D eigenvalue weighted by atomic mass is 16.4. The largest absolute Gasteiger partial charge is 0.481 e. The Morgan fingerprint density at radius 1 is 0.800 bits per heavy atom. The van der Waals surface area contributed by atoms with E-state index in [0.29, 0.717) is 19.6 Å². The van der Waals surface area contributed by atoms with Gasteiger partial charge in [0.2, 0.25) is 0 Å². The Kier molecular flexibility index (Phi) is 24.4. The highest BCUT2D eigenvalue weighted by Crippen LogP contribution is 2.11. The molecule has 0 fully saturated rings. The van der Waals surface area contributed by atoms with Crippen molar-refractivity contribution in [2.45, 2.75) is 71.1 Å². The van der Waals surface area contributed by atoms with Crippen LogP contribution in [-0.4, -0.2) is 81.8 Å². The molecular formula is C22H43NO7. The molecule has 0 amide bonds. The van der Waals surface area contributed by atoms with Crippen LogP contribution >= 0.6 is 0 Å². The van der Waals surface area contributed by atoms with Crippen molar-refractivity contribution in [3.05, 3.63) is 12.2 Å². The molecule has 0 rings (SSSR count). The minimum absolute atomic E-state index is 0.0694. The fourth-order valence-electron chi connectivity index (χ4n) is 2.84. The van der Waals surface area contributed by atoms with E-state index in [9.17, 15) is 9.59 Å². The van der Waals surface area contributed by atoms with Gasteiger partial charge in [0.25, 0.3) is 0 Å². The predicted octanol–water partition coefficient (Wildman–Crippen LogP) is 2.51. The number of rotatable bonds is 19. The summed E-state index contributed by atoms with van der Waals surface area (Å²) in [5.74, 6) is -3.05. The summed E-state index contributed by atoms with van der Waals surface area (Å²) in [6.45, 7) is 3.96. The van der Waals surface area contributed by atoms with E-state index in [1.54, 1.807) is 11.0 Å². The minimum atomic E-state index is -1.07. The van der Waals surface area contributed by atoms with Crippen LogP contribution in [-0.2, 0) is 9.59 Å². The van der Waals surface area contributed by atoms with Crippen LogP contribution in [0.25, 0.3) is 0 Å². The molecule has 0 saturated carbocycles. The Hall–Kier alpha value is -1.48. The standard InChI is InChI=1S/C16H28O4.C6H15NO3/c1-2-3-4-5-6-7-8-9-10-11-12-14(16(19)20)13-15(17)18;8-4-1-7(2-5-9)3-6-10/h11-12,14H,2-10,13H2,1H3,(H,17,18)(H,19,20);8-10H,1-6H2. The van der Waals surface area contributed by atoms with Crippen LogP contribution < -0.4 is 0 Å². The van der Waals surface area contributed by atoms with Gasteiger partial charge in [-0.3, -0.25) is 14.5 Å². The first-order valence-electron chi connectivity index (χ1n) is 11.1. The molecule has 0 spiro atoms. The third kappa shape index (κ3) is 22.8. The number of unbranched alkanes of at least 4 members (excludes halogenated alkanes) is 8. The number of aliphatic hydroxyl groups is 3. The van der Waals surface area contributed by atoms with Crippen LogP contribution in [0.4, 0.5) is 0 Å². The molecule has 0 aromatic heterocycles. The molecule has 8 nitrogen and oxygen atoms in total. The summed E-state index contributed by atoms with van der Waals surface area (Å²) in [6, 6.07) is 0. The molecule has 1 atom stereocenters. The maximum atomic E-state index is 10.8. The first kappa shape index (κ1) is 30.7. The predicted molar refractivity (Wildman–Crippen MR) is 117 cm³/mol. The molecule has 0 aromatic rings. The van der Waals surface area contributed by atoms with Gasteiger partial charge in [0, 0.05) is 19.6 Å². The van der Waals surface area contributed by atoms with Crippen molar-refractivity contribution in [1.29, 1.82) is 0 Å². The number of carboxylic acid groups (broad SMARTS) is 2. The average molecular weight is 434 g/mol. The summed E-state index contributed by atoms with van der Waals surface area (Å²) in [7, 11) is 0. The fourth-order valence-corrected chi connectivity index (χ4v) is 2.84. The molecular weight excluding hydrogens is 390 g/mol. The maximum absolute atomic E-state index is 10.8. The molecule has 1 unspecified atom stereocenters. The summed E-state index contributed by atoms with van der Waals surface area (Å²) < 4.78 is 0. The SMILES string of the molecule is CCCCCCCCCCC=CC(CC(=O)O)C(=O)O.OCCN(CCO)CCO. The van der Waals surface area contributed by atoms with E-state index in [1.165, 1.54) is 44.6 Å². The molecule has 30 heavy (non-hydrogen) atoms. The van der Waals surface area contributed by atoms with E-state index < -0.39 is 17.9 Å². The molecule has 8 heteroatoms. The average Bonchev–Trinajstić information content (AvgIpc) is 2.69. The summed E-state index contributed by atoms with van der Waals surface area (Å²) in [5, 5.41) is 42.9. The molecule has 0 aliphatic rings. The van der Waals surface area contributed by atoms with Gasteiger partial charge >= 0.3 is 11.9 Å². The third-order valence-corrected chi connectivity index (χ3v) is 4.55. The Bertz CT molecular complexity index is 415. The first-order valence-corrected chi connectivity index (χ1v) is 11.1. The topological polar surface area (TPSA) is 139 Å². The van der Waals surface area contributed by atoms with Gasteiger partial charge in [-0.25, -0.2) is 0 Å². The summed E-state index contributed by atoms with van der Waals surface area (Å²) in [6.07, 6.45) is 13.7. The first-order chi connectivity index (χ1) is 14.4. The van der Waals surface area contributed by atoms with E-state index in [0.717, 1.165) is 19.3 Å². The molecule has 0 aromatic carbocycles. The Morgan fingerprint density at radius 3 is 1.67 bits per heavy atom. The van der Waals surface area contributed by atoms with E-state index >= 15 is 0 Å². The van der Waals surface area contributed by atoms with Crippen molar-refractivity contribution in [1.82, 2.24) is 4.90 Å². The molecule has 178 valence electrons. The number of nitrogens with zero attached hydrogens (tertiary/aromatic N) is 1. The second kappa shape index (κ2) is 23.8. The molecule has 5 N–H and O–H groups in total. The highest BCUT2D eigenvalue weighted by molar-refractivity contribution is 5.79. The van der Waals surface area contributed by atoms with Crippen molar-refractivity contribution >= 4 is 11.9 Å². The van der Waals surface area contributed by atoms with Crippen LogP contribution in [0, 0.1) is 5.92 Å². The molecule has 0 bridgehead atoms. The van der Waals surface area contributed by atoms with Crippen LogP contribution in [0.5, 0.6) is 0 Å². The number of hydrogen-bond donors (Lipinski definition) is 5. The zero-order valence-corrected chi connectivity index (χ0v) is 18.5. The second-order valence-corrected chi connectivity index (χ2v) is 7.25. The summed E-state index contributed by atoms with van der Waals surface area (Å²) >= 11 is 0. The number of carboxylic acids is 2. The van der Waals surface area contributed by atoms with Crippen LogP contribution in [0.2, 0.25) is 0 Å². The fraction of sp³-hybridized carbons (Fsp3) is 0.818. The van der Waals surface area contributed by atoms with E-state index in [-0.39, 0.29) is 26.2 Å². The van der Waals surface area contributed by atoms with Crippen molar-refractivity contribution < 1.29 is 35.1 Å². The molecule has 0 saturated heterocycles. The molecule has 0 heterocycles. The van der Waals surface area contributed by atoms with Gasteiger partial charge in [-0.1, -0.05) is 64.0 Å². The van der Waals surface area contributed by atoms with Crippen LogP contribution in [0.15, 0.2) is 12.2 Å².